The molecule has 0 aromatic carbocycles. The van der Waals surface area contributed by atoms with E-state index in [1.807, 2.05) is 13.0 Å². The first-order chi connectivity index (χ1) is 10.2. The van der Waals surface area contributed by atoms with Gasteiger partial charge in [-0.25, -0.2) is 0 Å². The van der Waals surface area contributed by atoms with Crippen molar-refractivity contribution >= 4 is 29.9 Å². The van der Waals surface area contributed by atoms with Crippen molar-refractivity contribution in [1.29, 1.82) is 0 Å². The number of halogens is 1. The topological polar surface area (TPSA) is 62.9 Å². The van der Waals surface area contributed by atoms with Gasteiger partial charge >= 0.3 is 0 Å². The minimum atomic E-state index is 0. The van der Waals surface area contributed by atoms with Gasteiger partial charge in [-0.2, -0.15) is 0 Å². The number of rotatable bonds is 5. The van der Waals surface area contributed by atoms with Crippen LogP contribution in [0.15, 0.2) is 15.6 Å². The summed E-state index contributed by atoms with van der Waals surface area (Å²) in [4.78, 5) is 6.48. The molecule has 0 atom stereocenters. The third-order valence-electron chi connectivity index (χ3n) is 3.88. The Hall–Kier alpha value is -0.830. The smallest absolute Gasteiger partial charge is 0.193 e. The van der Waals surface area contributed by atoms with E-state index in [4.69, 9.17) is 9.26 Å². The Morgan fingerprint density at radius 1 is 1.45 bits per heavy atom. The molecule has 126 valence electrons. The third-order valence-corrected chi connectivity index (χ3v) is 3.88. The first-order valence-electron chi connectivity index (χ1n) is 7.60. The molecule has 0 unspecified atom stereocenters. The Morgan fingerprint density at radius 2 is 2.18 bits per heavy atom. The van der Waals surface area contributed by atoms with Crippen LogP contribution in [0.2, 0.25) is 0 Å². The molecule has 0 aliphatic carbocycles. The number of aromatic nitrogens is 1. The van der Waals surface area contributed by atoms with Crippen molar-refractivity contribution in [2.75, 3.05) is 33.9 Å². The number of hydrogen-bond donors (Lipinski definition) is 1. The molecule has 1 N–H and O–H groups in total. The summed E-state index contributed by atoms with van der Waals surface area (Å²) >= 11 is 0. The van der Waals surface area contributed by atoms with Gasteiger partial charge in [0.2, 0.25) is 0 Å². The largest absolute Gasteiger partial charge is 0.381 e. The molecule has 2 rings (SSSR count). The van der Waals surface area contributed by atoms with Crippen LogP contribution in [0, 0.1) is 12.8 Å². The van der Waals surface area contributed by atoms with Crippen molar-refractivity contribution in [2.24, 2.45) is 10.9 Å². The van der Waals surface area contributed by atoms with E-state index >= 15 is 0 Å². The summed E-state index contributed by atoms with van der Waals surface area (Å²) in [5.41, 5.74) is 0.898. The van der Waals surface area contributed by atoms with Crippen LogP contribution in [0.25, 0.3) is 0 Å². The highest BCUT2D eigenvalue weighted by atomic mass is 127. The minimum Gasteiger partial charge on any atom is -0.381 e. The van der Waals surface area contributed by atoms with Crippen molar-refractivity contribution in [3.05, 3.63) is 17.5 Å². The number of hydrogen-bond acceptors (Lipinski definition) is 4. The molecule has 1 aromatic rings. The molecule has 1 fully saturated rings. The van der Waals surface area contributed by atoms with Crippen LogP contribution in [0.5, 0.6) is 0 Å². The van der Waals surface area contributed by atoms with Gasteiger partial charge in [0, 0.05) is 39.9 Å². The summed E-state index contributed by atoms with van der Waals surface area (Å²) < 4.78 is 10.6. The van der Waals surface area contributed by atoms with Gasteiger partial charge in [-0.15, -0.1) is 24.0 Å². The van der Waals surface area contributed by atoms with Crippen molar-refractivity contribution < 1.29 is 9.26 Å². The summed E-state index contributed by atoms with van der Waals surface area (Å²) in [7, 11) is 3.87. The van der Waals surface area contributed by atoms with Gasteiger partial charge in [0.25, 0.3) is 0 Å². The molecule has 0 amide bonds. The average Bonchev–Trinajstić information content (AvgIpc) is 2.92. The average molecular weight is 422 g/mol. The molecule has 0 bridgehead atoms. The van der Waals surface area contributed by atoms with Gasteiger partial charge < -0.3 is 19.5 Å². The van der Waals surface area contributed by atoms with E-state index in [1.165, 1.54) is 19.3 Å². The van der Waals surface area contributed by atoms with Gasteiger partial charge in [0.15, 0.2) is 11.7 Å². The maximum Gasteiger partial charge on any atom is 0.193 e. The summed E-state index contributed by atoms with van der Waals surface area (Å²) in [5.74, 6) is 2.49. The van der Waals surface area contributed by atoms with Crippen LogP contribution in [0.1, 0.15) is 30.7 Å². The summed E-state index contributed by atoms with van der Waals surface area (Å²) in [6, 6.07) is 1.93. The lowest BCUT2D eigenvalue weighted by atomic mass is 9.96. The van der Waals surface area contributed by atoms with Crippen molar-refractivity contribution in [3.63, 3.8) is 0 Å². The molecular weight excluding hydrogens is 395 g/mol. The van der Waals surface area contributed by atoms with Gasteiger partial charge in [-0.1, -0.05) is 5.16 Å². The van der Waals surface area contributed by atoms with Crippen molar-refractivity contribution in [1.82, 2.24) is 15.4 Å². The number of aryl methyl sites for hydroxylation is 1. The third kappa shape index (κ3) is 6.12. The quantitative estimate of drug-likeness (QED) is 0.449. The highest BCUT2D eigenvalue weighted by molar-refractivity contribution is 14.0. The summed E-state index contributed by atoms with van der Waals surface area (Å²) in [5, 5.41) is 7.19. The Bertz CT molecular complexity index is 458. The first kappa shape index (κ1) is 19.2. The number of guanidine groups is 1. The minimum absolute atomic E-state index is 0. The Kier molecular flexibility index (Phi) is 8.77. The zero-order valence-electron chi connectivity index (χ0n) is 13.7. The highest BCUT2D eigenvalue weighted by Crippen LogP contribution is 2.18. The fourth-order valence-electron chi connectivity index (χ4n) is 2.57. The van der Waals surface area contributed by atoms with Crippen LogP contribution in [-0.4, -0.2) is 49.9 Å². The molecule has 1 aliphatic rings. The number of aliphatic imine (C=N–C) groups is 1. The molecule has 7 heteroatoms. The zero-order valence-corrected chi connectivity index (χ0v) is 16.0. The normalized spacial score (nSPS) is 16.2. The van der Waals surface area contributed by atoms with Crippen molar-refractivity contribution in [3.8, 4) is 0 Å². The number of ether oxygens (including phenoxy) is 1. The molecule has 0 radical (unpaired) electrons. The van der Waals surface area contributed by atoms with Gasteiger partial charge in [-0.3, -0.25) is 4.99 Å². The second-order valence-electron chi connectivity index (χ2n) is 5.60. The van der Waals surface area contributed by atoms with Crippen LogP contribution in [0.3, 0.4) is 0 Å². The monoisotopic (exact) mass is 422 g/mol. The fraction of sp³-hybridized carbons (Fsp3) is 0.733. The highest BCUT2D eigenvalue weighted by Gasteiger charge is 2.15. The SMILES string of the molecule is CN=C(NCc1cc(C)no1)N(C)CCC1CCOCC1.I. The predicted molar refractivity (Wildman–Crippen MR) is 97.6 cm³/mol. The first-order valence-corrected chi connectivity index (χ1v) is 7.60. The summed E-state index contributed by atoms with van der Waals surface area (Å²) in [6.07, 6.45) is 3.54. The Balaban J connectivity index is 0.00000242. The zero-order chi connectivity index (χ0) is 15.1. The molecule has 1 aromatic heterocycles. The lowest BCUT2D eigenvalue weighted by Gasteiger charge is -2.26. The second-order valence-corrected chi connectivity index (χ2v) is 5.60. The standard InChI is InChI=1S/C15H26N4O2.HI/c1-12-10-14(21-18-12)11-17-15(16-2)19(3)7-4-13-5-8-20-9-6-13;/h10,13H,4-9,11H2,1-3H3,(H,16,17);1H. The van der Waals surface area contributed by atoms with E-state index in [0.29, 0.717) is 6.54 Å². The van der Waals surface area contributed by atoms with Crippen LogP contribution < -0.4 is 5.32 Å². The molecule has 6 nitrogen and oxygen atoms in total. The lowest BCUT2D eigenvalue weighted by Crippen LogP contribution is -2.39. The molecule has 1 saturated heterocycles. The molecule has 0 spiro atoms. The molecule has 22 heavy (non-hydrogen) atoms. The Labute approximate surface area is 149 Å². The van der Waals surface area contributed by atoms with Crippen LogP contribution in [-0.2, 0) is 11.3 Å². The van der Waals surface area contributed by atoms with Gasteiger partial charge in [-0.05, 0) is 32.1 Å². The number of nitrogens with one attached hydrogen (secondary N) is 1. The van der Waals surface area contributed by atoms with Crippen LogP contribution in [0.4, 0.5) is 0 Å². The van der Waals surface area contributed by atoms with E-state index in [-0.39, 0.29) is 24.0 Å². The fourth-order valence-corrected chi connectivity index (χ4v) is 2.57. The van der Waals surface area contributed by atoms with Gasteiger partial charge in [0.1, 0.15) is 0 Å². The lowest BCUT2D eigenvalue weighted by molar-refractivity contribution is 0.0625. The van der Waals surface area contributed by atoms with E-state index in [2.05, 4.69) is 27.4 Å². The van der Waals surface area contributed by atoms with Crippen molar-refractivity contribution in [2.45, 2.75) is 32.7 Å². The molecular formula is C15H27IN4O2. The van der Waals surface area contributed by atoms with E-state index in [1.54, 1.807) is 7.05 Å². The molecule has 0 saturated carbocycles. The summed E-state index contributed by atoms with van der Waals surface area (Å²) in [6.45, 7) is 5.34. The van der Waals surface area contributed by atoms with Crippen LogP contribution >= 0.6 is 24.0 Å². The van der Waals surface area contributed by atoms with E-state index in [0.717, 1.165) is 43.1 Å². The maximum absolute atomic E-state index is 5.40. The predicted octanol–water partition coefficient (Wildman–Crippen LogP) is 2.42. The maximum atomic E-state index is 5.40. The second kappa shape index (κ2) is 10.0. The molecule has 2 heterocycles. The molecule has 1 aliphatic heterocycles. The van der Waals surface area contributed by atoms with E-state index in [9.17, 15) is 0 Å². The van der Waals surface area contributed by atoms with Gasteiger partial charge in [0.05, 0.1) is 12.2 Å². The Morgan fingerprint density at radius 3 is 2.77 bits per heavy atom. The van der Waals surface area contributed by atoms with E-state index < -0.39 is 0 Å². The number of nitrogens with zero attached hydrogens (tertiary/aromatic N) is 3.